The summed E-state index contributed by atoms with van der Waals surface area (Å²) in [5.74, 6) is -0.428. The molecule has 4 heteroatoms. The van der Waals surface area contributed by atoms with Crippen molar-refractivity contribution in [1.29, 1.82) is 0 Å². The molecule has 1 atom stereocenters. The van der Waals surface area contributed by atoms with Crippen molar-refractivity contribution in [3.63, 3.8) is 0 Å². The predicted molar refractivity (Wildman–Crippen MR) is 58.6 cm³/mol. The Morgan fingerprint density at radius 3 is 2.31 bits per heavy atom. The summed E-state index contributed by atoms with van der Waals surface area (Å²) in [6, 6.07) is 6.84. The fraction of sp³-hybridized carbons (Fsp3) is 0.333. The molecule has 0 saturated carbocycles. The van der Waals surface area contributed by atoms with Crippen LogP contribution in [0.25, 0.3) is 0 Å². The largest absolute Gasteiger partial charge is 0.479 e. The SMILES string of the molecule is CC(=O)Cc1ccc(OC(C)C(=O)O)cc1. The van der Waals surface area contributed by atoms with Crippen molar-refractivity contribution in [2.45, 2.75) is 26.4 Å². The summed E-state index contributed by atoms with van der Waals surface area (Å²) in [5.41, 5.74) is 0.892. The lowest BCUT2D eigenvalue weighted by Crippen LogP contribution is -2.22. The van der Waals surface area contributed by atoms with E-state index in [1.165, 1.54) is 13.8 Å². The third-order valence-corrected chi connectivity index (χ3v) is 2.04. The van der Waals surface area contributed by atoms with Gasteiger partial charge in [-0.25, -0.2) is 4.79 Å². The van der Waals surface area contributed by atoms with Crippen LogP contribution in [0.3, 0.4) is 0 Å². The average molecular weight is 222 g/mol. The van der Waals surface area contributed by atoms with Gasteiger partial charge in [-0.1, -0.05) is 12.1 Å². The summed E-state index contributed by atoms with van der Waals surface area (Å²) >= 11 is 0. The zero-order chi connectivity index (χ0) is 12.1. The molecule has 0 fully saturated rings. The molecule has 0 amide bonds. The minimum atomic E-state index is -1.01. The monoisotopic (exact) mass is 222 g/mol. The molecular weight excluding hydrogens is 208 g/mol. The molecule has 0 bridgehead atoms. The first-order valence-electron chi connectivity index (χ1n) is 4.97. The van der Waals surface area contributed by atoms with Crippen LogP contribution in [0.5, 0.6) is 5.75 Å². The van der Waals surface area contributed by atoms with E-state index in [2.05, 4.69) is 0 Å². The molecule has 0 heterocycles. The summed E-state index contributed by atoms with van der Waals surface area (Å²) < 4.78 is 5.15. The van der Waals surface area contributed by atoms with E-state index in [-0.39, 0.29) is 5.78 Å². The molecule has 0 aliphatic rings. The van der Waals surface area contributed by atoms with E-state index in [4.69, 9.17) is 9.84 Å². The van der Waals surface area contributed by atoms with E-state index >= 15 is 0 Å². The molecule has 86 valence electrons. The fourth-order valence-corrected chi connectivity index (χ4v) is 1.23. The number of hydrogen-bond acceptors (Lipinski definition) is 3. The van der Waals surface area contributed by atoms with Gasteiger partial charge in [0.05, 0.1) is 0 Å². The molecule has 1 aromatic carbocycles. The molecule has 1 rings (SSSR count). The highest BCUT2D eigenvalue weighted by molar-refractivity contribution is 5.78. The minimum Gasteiger partial charge on any atom is -0.479 e. The van der Waals surface area contributed by atoms with E-state index in [1.807, 2.05) is 0 Å². The van der Waals surface area contributed by atoms with E-state index in [9.17, 15) is 9.59 Å². The number of carbonyl (C=O) groups excluding carboxylic acids is 1. The highest BCUT2D eigenvalue weighted by atomic mass is 16.5. The number of carbonyl (C=O) groups is 2. The Morgan fingerprint density at radius 2 is 1.88 bits per heavy atom. The number of Topliss-reactive ketones (excluding diaryl/α,β-unsaturated/α-hetero) is 1. The second-order valence-electron chi connectivity index (χ2n) is 3.62. The van der Waals surface area contributed by atoms with Crippen LogP contribution in [0, 0.1) is 0 Å². The van der Waals surface area contributed by atoms with Crippen LogP contribution in [0.15, 0.2) is 24.3 Å². The van der Waals surface area contributed by atoms with Crippen molar-refractivity contribution in [3.05, 3.63) is 29.8 Å². The van der Waals surface area contributed by atoms with Crippen LogP contribution in [-0.2, 0) is 16.0 Å². The number of ether oxygens (including phenoxy) is 1. The van der Waals surface area contributed by atoms with Crippen LogP contribution in [-0.4, -0.2) is 23.0 Å². The van der Waals surface area contributed by atoms with Crippen molar-refractivity contribution in [1.82, 2.24) is 0 Å². The number of ketones is 1. The molecule has 0 aliphatic carbocycles. The predicted octanol–water partition coefficient (Wildman–Crippen LogP) is 1.67. The lowest BCUT2D eigenvalue weighted by Gasteiger charge is -2.10. The summed E-state index contributed by atoms with van der Waals surface area (Å²) in [4.78, 5) is 21.4. The van der Waals surface area contributed by atoms with Crippen LogP contribution in [0.4, 0.5) is 0 Å². The van der Waals surface area contributed by atoms with Crippen LogP contribution >= 0.6 is 0 Å². The lowest BCUT2D eigenvalue weighted by atomic mass is 10.1. The molecule has 1 N–H and O–H groups in total. The van der Waals surface area contributed by atoms with Gasteiger partial charge in [-0.2, -0.15) is 0 Å². The van der Waals surface area contributed by atoms with E-state index in [1.54, 1.807) is 24.3 Å². The second-order valence-corrected chi connectivity index (χ2v) is 3.62. The molecule has 1 unspecified atom stereocenters. The van der Waals surface area contributed by atoms with Gasteiger partial charge in [0.15, 0.2) is 6.10 Å². The van der Waals surface area contributed by atoms with Crippen molar-refractivity contribution in [3.8, 4) is 5.75 Å². The molecule has 16 heavy (non-hydrogen) atoms. The highest BCUT2D eigenvalue weighted by Gasteiger charge is 2.11. The summed E-state index contributed by atoms with van der Waals surface area (Å²) in [6.45, 7) is 2.99. The van der Waals surface area contributed by atoms with Crippen molar-refractivity contribution < 1.29 is 19.4 Å². The number of carboxylic acids is 1. The quantitative estimate of drug-likeness (QED) is 0.823. The first-order chi connectivity index (χ1) is 7.49. The third kappa shape index (κ3) is 3.73. The standard InChI is InChI=1S/C12H14O4/c1-8(13)7-10-3-5-11(6-4-10)16-9(2)12(14)15/h3-6,9H,7H2,1-2H3,(H,14,15). The van der Waals surface area contributed by atoms with Crippen molar-refractivity contribution >= 4 is 11.8 Å². The maximum atomic E-state index is 10.9. The van der Waals surface area contributed by atoms with Gasteiger partial charge in [-0.15, -0.1) is 0 Å². The highest BCUT2D eigenvalue weighted by Crippen LogP contribution is 2.14. The van der Waals surface area contributed by atoms with Crippen LogP contribution in [0.1, 0.15) is 19.4 Å². The molecule has 0 aliphatic heterocycles. The molecule has 1 aromatic rings. The maximum absolute atomic E-state index is 10.9. The Kier molecular flexibility index (Phi) is 4.05. The van der Waals surface area contributed by atoms with E-state index in [0.717, 1.165) is 5.56 Å². The zero-order valence-electron chi connectivity index (χ0n) is 9.27. The zero-order valence-corrected chi connectivity index (χ0v) is 9.27. The Morgan fingerprint density at radius 1 is 1.31 bits per heavy atom. The van der Waals surface area contributed by atoms with Crippen LogP contribution in [0.2, 0.25) is 0 Å². The topological polar surface area (TPSA) is 63.6 Å². The lowest BCUT2D eigenvalue weighted by molar-refractivity contribution is -0.144. The summed E-state index contributed by atoms with van der Waals surface area (Å²) in [7, 11) is 0. The average Bonchev–Trinajstić information content (AvgIpc) is 2.20. The molecule has 0 aromatic heterocycles. The van der Waals surface area contributed by atoms with Gasteiger partial charge in [-0.3, -0.25) is 4.79 Å². The Bertz CT molecular complexity index is 381. The van der Waals surface area contributed by atoms with Gasteiger partial charge in [0, 0.05) is 6.42 Å². The van der Waals surface area contributed by atoms with Gasteiger partial charge in [0.25, 0.3) is 0 Å². The summed E-state index contributed by atoms with van der Waals surface area (Å²) in [6.07, 6.45) is -0.493. The van der Waals surface area contributed by atoms with Gasteiger partial charge in [-0.05, 0) is 31.5 Å². The first kappa shape index (κ1) is 12.2. The molecule has 0 saturated heterocycles. The molecule has 0 radical (unpaired) electrons. The second kappa shape index (κ2) is 5.30. The molecule has 4 nitrogen and oxygen atoms in total. The van der Waals surface area contributed by atoms with Gasteiger partial charge >= 0.3 is 5.97 Å². The van der Waals surface area contributed by atoms with E-state index < -0.39 is 12.1 Å². The normalized spacial score (nSPS) is 11.9. The third-order valence-electron chi connectivity index (χ3n) is 2.04. The molecule has 0 spiro atoms. The van der Waals surface area contributed by atoms with Crippen LogP contribution < -0.4 is 4.74 Å². The number of rotatable bonds is 5. The first-order valence-corrected chi connectivity index (χ1v) is 4.97. The Labute approximate surface area is 93.9 Å². The maximum Gasteiger partial charge on any atom is 0.344 e. The molecular formula is C12H14O4. The Balaban J connectivity index is 2.64. The van der Waals surface area contributed by atoms with Gasteiger partial charge in [0.2, 0.25) is 0 Å². The van der Waals surface area contributed by atoms with Gasteiger partial charge < -0.3 is 9.84 Å². The fourth-order valence-electron chi connectivity index (χ4n) is 1.23. The van der Waals surface area contributed by atoms with Crippen molar-refractivity contribution in [2.75, 3.05) is 0 Å². The summed E-state index contributed by atoms with van der Waals surface area (Å²) in [5, 5.41) is 8.65. The van der Waals surface area contributed by atoms with Crippen molar-refractivity contribution in [2.24, 2.45) is 0 Å². The number of benzene rings is 1. The number of carboxylic acid groups (broad SMARTS) is 1. The van der Waals surface area contributed by atoms with E-state index in [0.29, 0.717) is 12.2 Å². The minimum absolute atomic E-state index is 0.0903. The number of hydrogen-bond donors (Lipinski definition) is 1. The van der Waals surface area contributed by atoms with Gasteiger partial charge in [0.1, 0.15) is 11.5 Å². The smallest absolute Gasteiger partial charge is 0.344 e. The Hall–Kier alpha value is -1.84. The number of aliphatic carboxylic acids is 1.